The molecule has 0 saturated carbocycles. The Bertz CT molecular complexity index is 567. The van der Waals surface area contributed by atoms with Crippen molar-refractivity contribution in [3.05, 3.63) is 29.3 Å². The lowest BCUT2D eigenvalue weighted by atomic mass is 10.0. The van der Waals surface area contributed by atoms with Gasteiger partial charge in [0, 0.05) is 13.2 Å². The third-order valence-corrected chi connectivity index (χ3v) is 5.08. The van der Waals surface area contributed by atoms with Gasteiger partial charge in [0.1, 0.15) is 0 Å². The van der Waals surface area contributed by atoms with Crippen LogP contribution in [0.2, 0.25) is 0 Å². The van der Waals surface area contributed by atoms with Crippen LogP contribution in [0, 0.1) is 6.92 Å². The molecule has 1 aromatic carbocycles. The van der Waals surface area contributed by atoms with E-state index >= 15 is 0 Å². The largest absolute Gasteiger partial charge is 0.381 e. The van der Waals surface area contributed by atoms with E-state index in [2.05, 4.69) is 6.92 Å². The lowest BCUT2D eigenvalue weighted by Gasteiger charge is -2.08. The summed E-state index contributed by atoms with van der Waals surface area (Å²) in [4.78, 5) is 0.0496. The molecule has 1 N–H and O–H groups in total. The average molecular weight is 357 g/mol. The molecule has 0 fully saturated rings. The SMILES string of the molecule is CCCCCOCCCCCCCc1cc(C)ccc1S(=O)(=O)O. The highest BCUT2D eigenvalue weighted by molar-refractivity contribution is 7.85. The van der Waals surface area contributed by atoms with Crippen LogP contribution in [0.4, 0.5) is 0 Å². The second-order valence-electron chi connectivity index (χ2n) is 6.42. The predicted octanol–water partition coefficient (Wildman–Crippen LogP) is 4.94. The Morgan fingerprint density at radius 2 is 1.58 bits per heavy atom. The summed E-state index contributed by atoms with van der Waals surface area (Å²) in [7, 11) is -4.13. The van der Waals surface area contributed by atoms with Crippen LogP contribution >= 0.6 is 0 Å². The fourth-order valence-corrected chi connectivity index (χ4v) is 3.49. The van der Waals surface area contributed by atoms with E-state index in [4.69, 9.17) is 4.74 Å². The minimum atomic E-state index is -4.13. The molecule has 1 rings (SSSR count). The summed E-state index contributed by atoms with van der Waals surface area (Å²) in [6, 6.07) is 5.07. The smallest absolute Gasteiger partial charge is 0.294 e. The van der Waals surface area contributed by atoms with Gasteiger partial charge in [-0.15, -0.1) is 0 Å². The lowest BCUT2D eigenvalue weighted by molar-refractivity contribution is 0.126. The molecule has 24 heavy (non-hydrogen) atoms. The van der Waals surface area contributed by atoms with E-state index in [9.17, 15) is 13.0 Å². The normalized spacial score (nSPS) is 11.8. The van der Waals surface area contributed by atoms with Gasteiger partial charge in [0.15, 0.2) is 0 Å². The van der Waals surface area contributed by atoms with Crippen molar-refractivity contribution in [1.29, 1.82) is 0 Å². The van der Waals surface area contributed by atoms with Crippen LogP contribution in [0.1, 0.15) is 69.4 Å². The summed E-state index contributed by atoms with van der Waals surface area (Å²) >= 11 is 0. The van der Waals surface area contributed by atoms with E-state index < -0.39 is 10.1 Å². The Morgan fingerprint density at radius 3 is 2.25 bits per heavy atom. The summed E-state index contributed by atoms with van der Waals surface area (Å²) in [5, 5.41) is 0. The third-order valence-electron chi connectivity index (χ3n) is 4.12. The molecular formula is C19H32O4S. The summed E-state index contributed by atoms with van der Waals surface area (Å²) in [5.41, 5.74) is 1.73. The highest BCUT2D eigenvalue weighted by atomic mass is 32.2. The summed E-state index contributed by atoms with van der Waals surface area (Å²) in [6.07, 6.45) is 9.67. The number of rotatable bonds is 13. The first-order valence-electron chi connectivity index (χ1n) is 9.10. The van der Waals surface area contributed by atoms with Gasteiger partial charge in [0.05, 0.1) is 4.90 Å². The average Bonchev–Trinajstić information content (AvgIpc) is 2.51. The fourth-order valence-electron chi connectivity index (χ4n) is 2.76. The molecule has 1 aromatic rings. The Balaban J connectivity index is 2.19. The lowest BCUT2D eigenvalue weighted by Crippen LogP contribution is -2.04. The molecule has 0 aliphatic carbocycles. The number of aryl methyl sites for hydroxylation is 2. The molecule has 0 spiro atoms. The van der Waals surface area contributed by atoms with Crippen LogP contribution in [0.25, 0.3) is 0 Å². The molecule has 0 atom stereocenters. The first-order valence-corrected chi connectivity index (χ1v) is 10.5. The van der Waals surface area contributed by atoms with Gasteiger partial charge in [-0.25, -0.2) is 0 Å². The Labute approximate surface area is 147 Å². The zero-order valence-electron chi connectivity index (χ0n) is 15.1. The molecule has 0 aromatic heterocycles. The molecule has 0 aliphatic heterocycles. The summed E-state index contributed by atoms with van der Waals surface area (Å²) in [6.45, 7) is 5.83. The number of hydrogen-bond acceptors (Lipinski definition) is 3. The van der Waals surface area contributed by atoms with Crippen LogP contribution in [0.15, 0.2) is 23.1 Å². The Hall–Kier alpha value is -0.910. The molecule has 0 amide bonds. The quantitative estimate of drug-likeness (QED) is 0.401. The predicted molar refractivity (Wildman–Crippen MR) is 98.1 cm³/mol. The van der Waals surface area contributed by atoms with Gasteiger partial charge >= 0.3 is 0 Å². The van der Waals surface area contributed by atoms with Gasteiger partial charge in [-0.2, -0.15) is 8.42 Å². The zero-order valence-corrected chi connectivity index (χ0v) is 15.9. The van der Waals surface area contributed by atoms with E-state index in [1.807, 2.05) is 13.0 Å². The van der Waals surface area contributed by atoms with Gasteiger partial charge in [-0.05, 0) is 44.2 Å². The molecule has 138 valence electrons. The molecule has 0 aliphatic rings. The number of benzene rings is 1. The standard InChI is InChI=1S/C19H32O4S/c1-3-4-9-14-23-15-10-7-5-6-8-11-18-16-17(2)12-13-19(18)24(20,21)22/h12-13,16H,3-11,14-15H2,1-2H3,(H,20,21,22). The minimum absolute atomic E-state index is 0.0496. The maximum atomic E-state index is 11.4. The molecule has 4 nitrogen and oxygen atoms in total. The number of unbranched alkanes of at least 4 members (excludes halogenated alkanes) is 6. The third kappa shape index (κ3) is 8.81. The van der Waals surface area contributed by atoms with Crippen molar-refractivity contribution in [2.45, 2.75) is 76.5 Å². The van der Waals surface area contributed by atoms with Crippen LogP contribution < -0.4 is 0 Å². The van der Waals surface area contributed by atoms with Crippen molar-refractivity contribution in [2.24, 2.45) is 0 Å². The molecule has 0 unspecified atom stereocenters. The highest BCUT2D eigenvalue weighted by Gasteiger charge is 2.14. The van der Waals surface area contributed by atoms with Gasteiger partial charge in [0.25, 0.3) is 10.1 Å². The second-order valence-corrected chi connectivity index (χ2v) is 7.81. The van der Waals surface area contributed by atoms with Crippen molar-refractivity contribution in [2.75, 3.05) is 13.2 Å². The maximum Gasteiger partial charge on any atom is 0.294 e. The fraction of sp³-hybridized carbons (Fsp3) is 0.684. The Kier molecular flexibility index (Phi) is 10.2. The minimum Gasteiger partial charge on any atom is -0.381 e. The first-order chi connectivity index (χ1) is 11.4. The molecule has 0 radical (unpaired) electrons. The first kappa shape index (κ1) is 21.1. The van der Waals surface area contributed by atoms with Gasteiger partial charge in [-0.1, -0.05) is 56.7 Å². The molecule has 0 bridgehead atoms. The van der Waals surface area contributed by atoms with Gasteiger partial charge in [0.2, 0.25) is 0 Å². The summed E-state index contributed by atoms with van der Waals surface area (Å²) in [5.74, 6) is 0. The van der Waals surface area contributed by atoms with E-state index in [0.29, 0.717) is 6.42 Å². The van der Waals surface area contributed by atoms with Crippen molar-refractivity contribution < 1.29 is 17.7 Å². The highest BCUT2D eigenvalue weighted by Crippen LogP contribution is 2.20. The molecule has 5 heteroatoms. The summed E-state index contributed by atoms with van der Waals surface area (Å²) < 4.78 is 37.7. The Morgan fingerprint density at radius 1 is 0.958 bits per heavy atom. The second kappa shape index (κ2) is 11.6. The maximum absolute atomic E-state index is 11.4. The van der Waals surface area contributed by atoms with E-state index in [1.165, 1.54) is 18.9 Å². The zero-order chi connectivity index (χ0) is 17.8. The number of ether oxygens (including phenoxy) is 1. The van der Waals surface area contributed by atoms with Crippen molar-refractivity contribution in [3.8, 4) is 0 Å². The van der Waals surface area contributed by atoms with E-state index in [1.54, 1.807) is 6.07 Å². The van der Waals surface area contributed by atoms with Crippen LogP contribution in [-0.4, -0.2) is 26.2 Å². The monoisotopic (exact) mass is 356 g/mol. The number of hydrogen-bond donors (Lipinski definition) is 1. The topological polar surface area (TPSA) is 63.6 Å². The molecule has 0 saturated heterocycles. The molecule has 0 heterocycles. The van der Waals surface area contributed by atoms with Crippen LogP contribution in [0.3, 0.4) is 0 Å². The van der Waals surface area contributed by atoms with Crippen molar-refractivity contribution in [3.63, 3.8) is 0 Å². The van der Waals surface area contributed by atoms with Crippen molar-refractivity contribution in [1.82, 2.24) is 0 Å². The van der Waals surface area contributed by atoms with Gasteiger partial charge in [-0.3, -0.25) is 4.55 Å². The van der Waals surface area contributed by atoms with Crippen LogP contribution in [-0.2, 0) is 21.3 Å². The van der Waals surface area contributed by atoms with Crippen LogP contribution in [0.5, 0.6) is 0 Å². The van der Waals surface area contributed by atoms with Crippen molar-refractivity contribution >= 4 is 10.1 Å². The van der Waals surface area contributed by atoms with E-state index in [0.717, 1.165) is 62.9 Å². The van der Waals surface area contributed by atoms with E-state index in [-0.39, 0.29) is 4.90 Å². The molecular weight excluding hydrogens is 324 g/mol. The van der Waals surface area contributed by atoms with Gasteiger partial charge < -0.3 is 4.74 Å².